The van der Waals surface area contributed by atoms with Gasteiger partial charge in [0.05, 0.1) is 12.0 Å². The molecule has 8 heteroatoms. The molecule has 0 aromatic heterocycles. The first kappa shape index (κ1) is 28.3. The van der Waals surface area contributed by atoms with Crippen LogP contribution in [0.1, 0.15) is 64.4 Å². The zero-order chi connectivity index (χ0) is 27.1. The van der Waals surface area contributed by atoms with E-state index in [1.54, 1.807) is 12.1 Å². The summed E-state index contributed by atoms with van der Waals surface area (Å²) >= 11 is 0. The van der Waals surface area contributed by atoms with Gasteiger partial charge in [0.1, 0.15) is 11.9 Å². The minimum absolute atomic E-state index is 0.0463. The van der Waals surface area contributed by atoms with Crippen molar-refractivity contribution in [2.75, 3.05) is 26.3 Å². The summed E-state index contributed by atoms with van der Waals surface area (Å²) in [7, 11) is 0. The lowest BCUT2D eigenvalue weighted by molar-refractivity contribution is -0.142. The van der Waals surface area contributed by atoms with Crippen LogP contribution in [-0.4, -0.2) is 61.0 Å². The molecule has 208 valence electrons. The number of aryl methyl sites for hydroxylation is 1. The second kappa shape index (κ2) is 12.9. The molecular weight excluding hydrogens is 485 g/mol. The maximum atomic E-state index is 13.8. The van der Waals surface area contributed by atoms with E-state index in [2.05, 4.69) is 36.6 Å². The fourth-order valence-corrected chi connectivity index (χ4v) is 5.87. The number of carbonyl (C=O) groups excluding carboxylic acids is 3. The van der Waals surface area contributed by atoms with Crippen LogP contribution in [0.25, 0.3) is 0 Å². The van der Waals surface area contributed by atoms with Crippen molar-refractivity contribution in [1.82, 2.24) is 15.5 Å². The van der Waals surface area contributed by atoms with E-state index in [9.17, 15) is 18.8 Å². The largest absolute Gasteiger partial charge is 0.381 e. The predicted octanol–water partition coefficient (Wildman–Crippen LogP) is 3.77. The topological polar surface area (TPSA) is 87.7 Å². The summed E-state index contributed by atoms with van der Waals surface area (Å²) < 4.78 is 18.9. The first-order chi connectivity index (χ1) is 18.3. The highest BCUT2D eigenvalue weighted by atomic mass is 19.1. The highest BCUT2D eigenvalue weighted by molar-refractivity contribution is 5.90. The number of allylic oxidation sites excluding steroid dienone is 2. The number of nitrogens with one attached hydrogen (secondary N) is 2. The number of amides is 3. The van der Waals surface area contributed by atoms with Gasteiger partial charge in [0.25, 0.3) is 0 Å². The Kier molecular flexibility index (Phi) is 9.58. The smallest absolute Gasteiger partial charge is 0.242 e. The lowest BCUT2D eigenvalue weighted by atomic mass is 9.74. The van der Waals surface area contributed by atoms with Crippen LogP contribution >= 0.6 is 0 Å². The van der Waals surface area contributed by atoms with E-state index in [0.29, 0.717) is 64.8 Å². The Hall–Kier alpha value is -2.74. The van der Waals surface area contributed by atoms with Crippen molar-refractivity contribution in [3.8, 4) is 0 Å². The van der Waals surface area contributed by atoms with Crippen LogP contribution < -0.4 is 10.6 Å². The van der Waals surface area contributed by atoms with Crippen molar-refractivity contribution >= 4 is 17.7 Å². The van der Waals surface area contributed by atoms with Crippen molar-refractivity contribution in [2.45, 2.75) is 77.3 Å². The third-order valence-corrected chi connectivity index (χ3v) is 8.34. The van der Waals surface area contributed by atoms with Gasteiger partial charge in [-0.2, -0.15) is 0 Å². The molecule has 1 spiro atoms. The third-order valence-electron chi connectivity index (χ3n) is 8.34. The van der Waals surface area contributed by atoms with Gasteiger partial charge in [-0.15, -0.1) is 0 Å². The number of hydrogen-bond acceptors (Lipinski definition) is 4. The number of likely N-dealkylation sites (tertiary alicyclic amines) is 1. The number of fused-ring (bicyclic) bond motifs is 1. The summed E-state index contributed by atoms with van der Waals surface area (Å²) in [6, 6.07) is 5.71. The molecule has 0 saturated carbocycles. The van der Waals surface area contributed by atoms with Crippen molar-refractivity contribution in [1.29, 1.82) is 0 Å². The normalized spacial score (nSPS) is 26.2. The molecule has 0 aliphatic carbocycles. The molecule has 1 aromatic carbocycles. The average molecular weight is 528 g/mol. The third kappa shape index (κ3) is 7.22. The number of rotatable bonds is 5. The molecule has 0 bridgehead atoms. The predicted molar refractivity (Wildman–Crippen MR) is 144 cm³/mol. The molecule has 4 rings (SSSR count). The van der Waals surface area contributed by atoms with Crippen molar-refractivity contribution in [3.63, 3.8) is 0 Å². The van der Waals surface area contributed by atoms with E-state index in [0.717, 1.165) is 18.4 Å². The summed E-state index contributed by atoms with van der Waals surface area (Å²) in [5.74, 6) is 0.0261. The Balaban J connectivity index is 1.44. The fraction of sp³-hybridized carbons (Fsp3) is 0.633. The lowest BCUT2D eigenvalue weighted by Crippen LogP contribution is -2.57. The summed E-state index contributed by atoms with van der Waals surface area (Å²) in [4.78, 5) is 41.8. The van der Waals surface area contributed by atoms with Gasteiger partial charge in [0.15, 0.2) is 0 Å². The van der Waals surface area contributed by atoms with Crippen LogP contribution in [0.2, 0.25) is 0 Å². The molecule has 3 heterocycles. The highest BCUT2D eigenvalue weighted by Gasteiger charge is 2.43. The lowest BCUT2D eigenvalue weighted by Gasteiger charge is -2.41. The number of piperidine rings is 1. The Morgan fingerprint density at radius 2 is 1.87 bits per heavy atom. The first-order valence-electron chi connectivity index (χ1n) is 14.1. The molecule has 3 aliphatic heterocycles. The number of ether oxygens (including phenoxy) is 1. The first-order valence-corrected chi connectivity index (χ1v) is 14.1. The summed E-state index contributed by atoms with van der Waals surface area (Å²) in [5, 5.41) is 6.33. The number of carbonyl (C=O) groups is 3. The van der Waals surface area contributed by atoms with E-state index >= 15 is 0 Å². The van der Waals surface area contributed by atoms with Crippen molar-refractivity contribution < 1.29 is 23.5 Å². The van der Waals surface area contributed by atoms with E-state index in [1.165, 1.54) is 12.1 Å². The average Bonchev–Trinajstić information content (AvgIpc) is 2.90. The molecule has 2 fully saturated rings. The van der Waals surface area contributed by atoms with Gasteiger partial charge in [-0.25, -0.2) is 4.39 Å². The Bertz CT molecular complexity index is 1000. The minimum Gasteiger partial charge on any atom is -0.381 e. The molecule has 3 amide bonds. The molecule has 3 aliphatic rings. The van der Waals surface area contributed by atoms with E-state index < -0.39 is 11.5 Å². The van der Waals surface area contributed by atoms with Gasteiger partial charge < -0.3 is 20.3 Å². The van der Waals surface area contributed by atoms with Crippen molar-refractivity contribution in [3.05, 3.63) is 47.8 Å². The van der Waals surface area contributed by atoms with Crippen LogP contribution in [0, 0.1) is 23.1 Å². The molecular formula is C30H42FN3O4. The van der Waals surface area contributed by atoms with Gasteiger partial charge in [-0.1, -0.05) is 38.1 Å². The number of nitrogens with zero attached hydrogens (tertiary/aromatic N) is 1. The molecule has 2 saturated heterocycles. The second-order valence-corrected chi connectivity index (χ2v) is 11.6. The molecule has 2 N–H and O–H groups in total. The number of halogens is 1. The summed E-state index contributed by atoms with van der Waals surface area (Å²) in [5.41, 5.74) is 0.277. The van der Waals surface area contributed by atoms with Crippen LogP contribution in [0.4, 0.5) is 4.39 Å². The van der Waals surface area contributed by atoms with Gasteiger partial charge in [-0.05, 0) is 68.6 Å². The molecule has 3 atom stereocenters. The maximum absolute atomic E-state index is 13.8. The molecule has 1 aromatic rings. The minimum atomic E-state index is -0.651. The van der Waals surface area contributed by atoms with E-state index in [1.807, 2.05) is 4.90 Å². The number of hydrogen-bond donors (Lipinski definition) is 2. The Morgan fingerprint density at radius 3 is 2.58 bits per heavy atom. The van der Waals surface area contributed by atoms with Gasteiger partial charge in [0.2, 0.25) is 17.7 Å². The van der Waals surface area contributed by atoms with Gasteiger partial charge >= 0.3 is 0 Å². The van der Waals surface area contributed by atoms with Crippen LogP contribution in [-0.2, 0) is 25.5 Å². The Labute approximate surface area is 225 Å². The van der Waals surface area contributed by atoms with Gasteiger partial charge in [-0.3, -0.25) is 14.4 Å². The van der Waals surface area contributed by atoms with Crippen molar-refractivity contribution in [2.24, 2.45) is 17.3 Å². The summed E-state index contributed by atoms with van der Waals surface area (Å²) in [6.45, 7) is 6.38. The van der Waals surface area contributed by atoms with Crippen LogP contribution in [0.5, 0.6) is 0 Å². The zero-order valence-electron chi connectivity index (χ0n) is 22.7. The van der Waals surface area contributed by atoms with Crippen LogP contribution in [0.3, 0.4) is 0 Å². The Morgan fingerprint density at radius 1 is 1.13 bits per heavy atom. The zero-order valence-corrected chi connectivity index (χ0v) is 22.7. The van der Waals surface area contributed by atoms with Gasteiger partial charge in [0, 0.05) is 38.1 Å². The fourth-order valence-electron chi connectivity index (χ4n) is 5.87. The maximum Gasteiger partial charge on any atom is 0.242 e. The molecule has 38 heavy (non-hydrogen) atoms. The highest BCUT2D eigenvalue weighted by Crippen LogP contribution is 2.37. The van der Waals surface area contributed by atoms with Crippen LogP contribution in [0.15, 0.2) is 36.4 Å². The molecule has 7 nitrogen and oxygen atoms in total. The van der Waals surface area contributed by atoms with E-state index in [-0.39, 0.29) is 41.4 Å². The summed E-state index contributed by atoms with van der Waals surface area (Å²) in [6.07, 6.45) is 8.99. The molecule has 0 unspecified atom stereocenters. The quantitative estimate of drug-likeness (QED) is 0.571. The SMILES string of the molecule is CC(C)C[C@H]1NC(=O)C2(CC=CC[C@@H]3COCC[C@@H]3NC1=O)CCN(C(=O)CCc1ccc(F)cc1)CC2. The van der Waals surface area contributed by atoms with E-state index in [4.69, 9.17) is 4.74 Å². The monoisotopic (exact) mass is 527 g/mol. The second-order valence-electron chi connectivity index (χ2n) is 11.6. The molecule has 0 radical (unpaired) electrons. The number of benzene rings is 1. The standard InChI is InChI=1S/C30H42FN3O4/c1-21(2)19-26-28(36)32-25-12-18-38-20-23(25)5-3-4-13-30(29(37)33-26)14-16-34(17-15-30)27(35)11-8-22-6-9-24(31)10-7-22/h3-4,6-7,9-10,21,23,25-26H,5,8,11-20H2,1-2H3,(H,32,36)(H,33,37)/t23-,25+,26-/m1/s1.